The SMILES string of the molecule is Cc1ccncc1Oc1ccc2c(c1)C[C@@H](CS(=O)(=O)C(C)C)C2. The van der Waals surface area contributed by atoms with Gasteiger partial charge in [0.05, 0.1) is 17.2 Å². The molecule has 0 N–H and O–H groups in total. The number of rotatable bonds is 5. The number of nitrogens with zero attached hydrogens (tertiary/aromatic N) is 1. The van der Waals surface area contributed by atoms with E-state index in [4.69, 9.17) is 4.74 Å². The van der Waals surface area contributed by atoms with Crippen LogP contribution in [0.1, 0.15) is 30.5 Å². The highest BCUT2D eigenvalue weighted by atomic mass is 32.2. The smallest absolute Gasteiger partial charge is 0.152 e. The van der Waals surface area contributed by atoms with Gasteiger partial charge in [-0.2, -0.15) is 0 Å². The van der Waals surface area contributed by atoms with Gasteiger partial charge in [0.25, 0.3) is 0 Å². The second kappa shape index (κ2) is 6.55. The van der Waals surface area contributed by atoms with Crippen molar-refractivity contribution in [3.8, 4) is 11.5 Å². The van der Waals surface area contributed by atoms with Crippen molar-refractivity contribution in [2.75, 3.05) is 5.75 Å². The summed E-state index contributed by atoms with van der Waals surface area (Å²) in [7, 11) is -3.00. The number of pyridine rings is 1. The maximum absolute atomic E-state index is 12.2. The Labute approximate surface area is 143 Å². The Morgan fingerprint density at radius 2 is 1.96 bits per heavy atom. The van der Waals surface area contributed by atoms with Crippen molar-refractivity contribution in [3.05, 3.63) is 53.3 Å². The van der Waals surface area contributed by atoms with Crippen LogP contribution in [-0.4, -0.2) is 24.4 Å². The summed E-state index contributed by atoms with van der Waals surface area (Å²) < 4.78 is 30.2. The van der Waals surface area contributed by atoms with Crippen molar-refractivity contribution in [1.29, 1.82) is 0 Å². The van der Waals surface area contributed by atoms with E-state index >= 15 is 0 Å². The Bertz CT molecular complexity index is 843. The monoisotopic (exact) mass is 345 g/mol. The standard InChI is InChI=1S/C19H23NO3S/c1-13(2)24(21,22)12-15-8-16-4-5-18(10-17(16)9-15)23-19-11-20-7-6-14(19)3/h4-7,10-11,13,15H,8-9,12H2,1-3H3/t15-/m0/s1. The van der Waals surface area contributed by atoms with E-state index in [9.17, 15) is 8.42 Å². The first kappa shape index (κ1) is 17.0. The van der Waals surface area contributed by atoms with Crippen molar-refractivity contribution in [1.82, 2.24) is 4.98 Å². The van der Waals surface area contributed by atoms with Crippen LogP contribution in [0.15, 0.2) is 36.7 Å². The molecule has 0 radical (unpaired) electrons. The molecule has 0 aliphatic heterocycles. The van der Waals surface area contributed by atoms with Crippen LogP contribution in [0.4, 0.5) is 0 Å². The van der Waals surface area contributed by atoms with E-state index in [1.54, 1.807) is 26.2 Å². The molecule has 2 aromatic rings. The minimum Gasteiger partial charge on any atom is -0.455 e. The van der Waals surface area contributed by atoms with Crippen LogP contribution in [0.5, 0.6) is 11.5 Å². The van der Waals surface area contributed by atoms with Crippen LogP contribution in [-0.2, 0) is 22.7 Å². The van der Waals surface area contributed by atoms with Crippen LogP contribution in [0.2, 0.25) is 0 Å². The summed E-state index contributed by atoms with van der Waals surface area (Å²) in [6, 6.07) is 7.95. The van der Waals surface area contributed by atoms with Crippen LogP contribution in [0.25, 0.3) is 0 Å². The molecule has 1 aliphatic carbocycles. The molecule has 0 bridgehead atoms. The van der Waals surface area contributed by atoms with Gasteiger partial charge in [0.2, 0.25) is 0 Å². The molecular weight excluding hydrogens is 322 g/mol. The first-order chi connectivity index (χ1) is 11.3. The van der Waals surface area contributed by atoms with Gasteiger partial charge in [0.15, 0.2) is 9.84 Å². The van der Waals surface area contributed by atoms with E-state index in [-0.39, 0.29) is 16.9 Å². The van der Waals surface area contributed by atoms with E-state index in [1.165, 1.54) is 11.1 Å². The topological polar surface area (TPSA) is 56.3 Å². The van der Waals surface area contributed by atoms with E-state index < -0.39 is 9.84 Å². The van der Waals surface area contributed by atoms with Crippen molar-refractivity contribution >= 4 is 9.84 Å². The molecule has 4 nitrogen and oxygen atoms in total. The molecule has 0 saturated carbocycles. The number of benzene rings is 1. The quantitative estimate of drug-likeness (QED) is 0.829. The third kappa shape index (κ3) is 3.61. The average molecular weight is 345 g/mol. The Morgan fingerprint density at radius 1 is 1.21 bits per heavy atom. The third-order valence-electron chi connectivity index (χ3n) is 4.60. The highest BCUT2D eigenvalue weighted by Gasteiger charge is 2.28. The summed E-state index contributed by atoms with van der Waals surface area (Å²) in [6.45, 7) is 5.48. The molecule has 0 saturated heterocycles. The fourth-order valence-electron chi connectivity index (χ4n) is 3.07. The molecule has 128 valence electrons. The minimum atomic E-state index is -3.00. The van der Waals surface area contributed by atoms with Gasteiger partial charge in [-0.1, -0.05) is 6.07 Å². The number of hydrogen-bond acceptors (Lipinski definition) is 4. The van der Waals surface area contributed by atoms with Gasteiger partial charge in [-0.05, 0) is 74.4 Å². The van der Waals surface area contributed by atoms with Crippen LogP contribution in [0.3, 0.4) is 0 Å². The number of aryl methyl sites for hydroxylation is 1. The summed E-state index contributed by atoms with van der Waals surface area (Å²) >= 11 is 0. The average Bonchev–Trinajstić information content (AvgIpc) is 2.90. The van der Waals surface area contributed by atoms with Gasteiger partial charge in [-0.3, -0.25) is 4.98 Å². The normalized spacial score (nSPS) is 17.1. The molecule has 1 aromatic carbocycles. The molecule has 3 rings (SSSR count). The molecule has 0 amide bonds. The lowest BCUT2D eigenvalue weighted by Crippen LogP contribution is -2.23. The lowest BCUT2D eigenvalue weighted by Gasteiger charge is -2.12. The van der Waals surface area contributed by atoms with Gasteiger partial charge in [0.1, 0.15) is 11.5 Å². The Morgan fingerprint density at radius 3 is 2.67 bits per heavy atom. The first-order valence-electron chi connectivity index (χ1n) is 8.27. The van der Waals surface area contributed by atoms with E-state index in [1.807, 2.05) is 25.1 Å². The zero-order chi connectivity index (χ0) is 17.3. The second-order valence-corrected chi connectivity index (χ2v) is 9.43. The van der Waals surface area contributed by atoms with Gasteiger partial charge < -0.3 is 4.74 Å². The number of hydrogen-bond donors (Lipinski definition) is 0. The fourth-order valence-corrected chi connectivity index (χ4v) is 4.35. The molecule has 0 fully saturated rings. The van der Waals surface area contributed by atoms with E-state index in [2.05, 4.69) is 11.1 Å². The molecular formula is C19H23NO3S. The summed E-state index contributed by atoms with van der Waals surface area (Å²) in [5.74, 6) is 1.95. The predicted octanol–water partition coefficient (Wildman–Crippen LogP) is 3.72. The Hall–Kier alpha value is -1.88. The van der Waals surface area contributed by atoms with E-state index in [0.717, 1.165) is 29.9 Å². The molecule has 1 aromatic heterocycles. The van der Waals surface area contributed by atoms with Crippen molar-refractivity contribution in [2.45, 2.75) is 38.9 Å². The van der Waals surface area contributed by atoms with Crippen LogP contribution < -0.4 is 4.74 Å². The minimum absolute atomic E-state index is 0.169. The van der Waals surface area contributed by atoms with Gasteiger partial charge in [-0.25, -0.2) is 8.42 Å². The molecule has 1 atom stereocenters. The largest absolute Gasteiger partial charge is 0.455 e. The third-order valence-corrected chi connectivity index (χ3v) is 6.97. The molecule has 0 unspecified atom stereocenters. The highest BCUT2D eigenvalue weighted by molar-refractivity contribution is 7.91. The number of sulfone groups is 1. The van der Waals surface area contributed by atoms with Gasteiger partial charge in [0, 0.05) is 6.20 Å². The molecule has 1 aliphatic rings. The number of aromatic nitrogens is 1. The number of ether oxygens (including phenoxy) is 1. The molecule has 1 heterocycles. The van der Waals surface area contributed by atoms with Crippen LogP contribution >= 0.6 is 0 Å². The van der Waals surface area contributed by atoms with Gasteiger partial charge >= 0.3 is 0 Å². The zero-order valence-electron chi connectivity index (χ0n) is 14.3. The number of fused-ring (bicyclic) bond motifs is 1. The molecule has 5 heteroatoms. The van der Waals surface area contributed by atoms with Crippen molar-refractivity contribution in [2.24, 2.45) is 5.92 Å². The van der Waals surface area contributed by atoms with E-state index in [0.29, 0.717) is 0 Å². The fraction of sp³-hybridized carbons (Fsp3) is 0.421. The summed E-state index contributed by atoms with van der Waals surface area (Å²) in [6.07, 6.45) is 5.07. The summed E-state index contributed by atoms with van der Waals surface area (Å²) in [4.78, 5) is 4.09. The Balaban J connectivity index is 1.74. The maximum Gasteiger partial charge on any atom is 0.152 e. The van der Waals surface area contributed by atoms with Crippen molar-refractivity contribution < 1.29 is 13.2 Å². The maximum atomic E-state index is 12.2. The molecule has 0 spiro atoms. The van der Waals surface area contributed by atoms with Crippen LogP contribution in [0, 0.1) is 12.8 Å². The molecule has 24 heavy (non-hydrogen) atoms. The second-order valence-electron chi connectivity index (χ2n) is 6.83. The Kier molecular flexibility index (Phi) is 4.63. The lowest BCUT2D eigenvalue weighted by molar-refractivity contribution is 0.475. The first-order valence-corrected chi connectivity index (χ1v) is 9.98. The lowest BCUT2D eigenvalue weighted by atomic mass is 10.1. The van der Waals surface area contributed by atoms with Crippen molar-refractivity contribution in [3.63, 3.8) is 0 Å². The zero-order valence-corrected chi connectivity index (χ0v) is 15.1. The highest BCUT2D eigenvalue weighted by Crippen LogP contribution is 2.33. The van der Waals surface area contributed by atoms with Gasteiger partial charge in [-0.15, -0.1) is 0 Å². The summed E-state index contributed by atoms with van der Waals surface area (Å²) in [5, 5.41) is -0.311. The predicted molar refractivity (Wildman–Crippen MR) is 95.3 cm³/mol. The summed E-state index contributed by atoms with van der Waals surface area (Å²) in [5.41, 5.74) is 3.46.